The highest BCUT2D eigenvalue weighted by Gasteiger charge is 2.22. The van der Waals surface area contributed by atoms with Crippen molar-refractivity contribution >= 4 is 16.8 Å². The molecule has 0 saturated heterocycles. The van der Waals surface area contributed by atoms with E-state index in [1.807, 2.05) is 0 Å². The normalized spacial score (nSPS) is 11.5. The second kappa shape index (κ2) is 2.46. The highest BCUT2D eigenvalue weighted by Crippen LogP contribution is 2.15. The molecule has 0 heterocycles. The maximum atomic E-state index is 10.4. The summed E-state index contributed by atoms with van der Waals surface area (Å²) in [5, 5.41) is -0.375. The van der Waals surface area contributed by atoms with Gasteiger partial charge in [0.05, 0.1) is 5.41 Å². The molecule has 8 heavy (non-hydrogen) atoms. The Hall–Kier alpha value is -0.0800. The van der Waals surface area contributed by atoms with Crippen LogP contribution in [0.15, 0.2) is 0 Å². The molecule has 0 bridgehead atoms. The van der Waals surface area contributed by atoms with Crippen molar-refractivity contribution in [2.45, 2.75) is 13.8 Å². The summed E-state index contributed by atoms with van der Waals surface area (Å²) in [6, 6.07) is 0. The number of nitrogens with two attached hydrogens (primary N) is 1. The number of rotatable bonds is 2. The van der Waals surface area contributed by atoms with E-state index in [0.29, 0.717) is 6.54 Å². The summed E-state index contributed by atoms with van der Waals surface area (Å²) in [6.07, 6.45) is 0. The third-order valence-electron chi connectivity index (χ3n) is 1.04. The summed E-state index contributed by atoms with van der Waals surface area (Å²) < 4.78 is 0. The second-order valence-corrected chi connectivity index (χ2v) is 2.70. The summed E-state index contributed by atoms with van der Waals surface area (Å²) in [7, 11) is 0. The minimum absolute atomic E-state index is 0.301. The molecule has 0 amide bonds. The van der Waals surface area contributed by atoms with Crippen molar-refractivity contribution in [2.75, 3.05) is 6.54 Å². The number of hydrogen-bond acceptors (Lipinski definition) is 2. The molecule has 0 aromatic carbocycles. The molecule has 0 fully saturated rings. The van der Waals surface area contributed by atoms with Crippen LogP contribution in [0.5, 0.6) is 0 Å². The van der Waals surface area contributed by atoms with Crippen molar-refractivity contribution in [3.8, 4) is 0 Å². The topological polar surface area (TPSA) is 43.1 Å². The van der Waals surface area contributed by atoms with E-state index >= 15 is 0 Å². The van der Waals surface area contributed by atoms with Gasteiger partial charge in [-0.05, 0) is 11.6 Å². The lowest BCUT2D eigenvalue weighted by Gasteiger charge is -2.14. The van der Waals surface area contributed by atoms with Crippen LogP contribution in [0, 0.1) is 5.41 Å². The lowest BCUT2D eigenvalue weighted by atomic mass is 9.96. The van der Waals surface area contributed by atoms with E-state index in [1.54, 1.807) is 13.8 Å². The minimum Gasteiger partial charge on any atom is -0.329 e. The largest absolute Gasteiger partial charge is 0.329 e. The van der Waals surface area contributed by atoms with Crippen molar-refractivity contribution in [2.24, 2.45) is 11.1 Å². The Bertz CT molecular complexity index is 101. The summed E-state index contributed by atoms with van der Waals surface area (Å²) in [5.41, 5.74) is 4.65. The summed E-state index contributed by atoms with van der Waals surface area (Å²) in [5.74, 6) is 0. The molecule has 0 rings (SSSR count). The quantitative estimate of drug-likeness (QED) is 0.568. The molecule has 0 aromatic heterocycles. The van der Waals surface area contributed by atoms with Crippen molar-refractivity contribution in [3.63, 3.8) is 0 Å². The first-order valence-electron chi connectivity index (χ1n) is 2.40. The van der Waals surface area contributed by atoms with E-state index in [0.717, 1.165) is 0 Å². The minimum atomic E-state index is -0.554. The summed E-state index contributed by atoms with van der Waals surface area (Å²) >= 11 is 5.15. The van der Waals surface area contributed by atoms with Crippen LogP contribution in [0.4, 0.5) is 0 Å². The number of carbonyl (C=O) groups is 1. The Morgan fingerprint density at radius 2 is 2.12 bits per heavy atom. The summed E-state index contributed by atoms with van der Waals surface area (Å²) in [4.78, 5) is 10.4. The van der Waals surface area contributed by atoms with Gasteiger partial charge in [-0.2, -0.15) is 0 Å². The molecule has 48 valence electrons. The number of halogens is 1. The molecule has 2 N–H and O–H groups in total. The van der Waals surface area contributed by atoms with Crippen molar-refractivity contribution in [3.05, 3.63) is 0 Å². The molecule has 0 radical (unpaired) electrons. The standard InChI is InChI=1S/C5H10ClNO/c1-5(2,3-7)4(6)8/h3,7H2,1-2H3. The second-order valence-electron chi connectivity index (χ2n) is 2.36. The van der Waals surface area contributed by atoms with Gasteiger partial charge >= 0.3 is 0 Å². The van der Waals surface area contributed by atoms with Gasteiger partial charge in [-0.15, -0.1) is 0 Å². The average Bonchev–Trinajstić information content (AvgIpc) is 1.67. The van der Waals surface area contributed by atoms with Gasteiger partial charge in [-0.3, -0.25) is 4.79 Å². The van der Waals surface area contributed by atoms with E-state index in [4.69, 9.17) is 17.3 Å². The number of hydrogen-bond donors (Lipinski definition) is 1. The van der Waals surface area contributed by atoms with Crippen LogP contribution in [0.2, 0.25) is 0 Å². The third-order valence-corrected chi connectivity index (χ3v) is 1.55. The average molecular weight is 136 g/mol. The molecule has 0 aliphatic carbocycles. The van der Waals surface area contributed by atoms with Gasteiger partial charge in [-0.25, -0.2) is 0 Å². The molecule has 0 atom stereocenters. The van der Waals surface area contributed by atoms with Crippen LogP contribution in [0.25, 0.3) is 0 Å². The monoisotopic (exact) mass is 135 g/mol. The fourth-order valence-electron chi connectivity index (χ4n) is 0.0802. The lowest BCUT2D eigenvalue weighted by Crippen LogP contribution is -2.29. The van der Waals surface area contributed by atoms with E-state index in [2.05, 4.69) is 0 Å². The maximum absolute atomic E-state index is 10.4. The fourth-order valence-corrected chi connectivity index (χ4v) is 0.157. The zero-order valence-corrected chi connectivity index (χ0v) is 5.83. The molecular formula is C5H10ClNO. The van der Waals surface area contributed by atoms with E-state index in [9.17, 15) is 4.79 Å². The Balaban J connectivity index is 3.91. The lowest BCUT2D eigenvalue weighted by molar-refractivity contribution is -0.118. The summed E-state index contributed by atoms with van der Waals surface area (Å²) in [6.45, 7) is 3.72. The first-order chi connectivity index (χ1) is 3.50. The van der Waals surface area contributed by atoms with Gasteiger partial charge in [0.1, 0.15) is 0 Å². The van der Waals surface area contributed by atoms with Gasteiger partial charge < -0.3 is 5.73 Å². The molecular weight excluding hydrogens is 126 g/mol. The fraction of sp³-hybridized carbons (Fsp3) is 0.800. The predicted octanol–water partition coefficient (Wildman–Crippen LogP) is 0.737. The Morgan fingerprint density at radius 1 is 1.75 bits per heavy atom. The molecule has 0 aromatic rings. The van der Waals surface area contributed by atoms with Crippen LogP contribution in [0.3, 0.4) is 0 Å². The molecule has 3 heteroatoms. The first-order valence-corrected chi connectivity index (χ1v) is 2.78. The zero-order valence-electron chi connectivity index (χ0n) is 5.07. The molecule has 0 aliphatic rings. The van der Waals surface area contributed by atoms with Crippen LogP contribution >= 0.6 is 11.6 Å². The zero-order chi connectivity index (χ0) is 6.78. The van der Waals surface area contributed by atoms with Crippen LogP contribution < -0.4 is 5.73 Å². The van der Waals surface area contributed by atoms with Gasteiger partial charge in [-0.1, -0.05) is 13.8 Å². The maximum Gasteiger partial charge on any atom is 0.228 e. The van der Waals surface area contributed by atoms with Crippen molar-refractivity contribution in [1.82, 2.24) is 0 Å². The number of carbonyl (C=O) groups excluding carboxylic acids is 1. The highest BCUT2D eigenvalue weighted by atomic mass is 35.5. The van der Waals surface area contributed by atoms with Gasteiger partial charge in [0.2, 0.25) is 5.24 Å². The van der Waals surface area contributed by atoms with Gasteiger partial charge in [0, 0.05) is 6.54 Å². The Morgan fingerprint density at radius 3 is 2.12 bits per heavy atom. The molecule has 2 nitrogen and oxygen atoms in total. The molecule has 0 spiro atoms. The Kier molecular flexibility index (Phi) is 2.44. The third kappa shape index (κ3) is 1.80. The van der Waals surface area contributed by atoms with E-state index in [1.165, 1.54) is 0 Å². The molecule has 0 saturated carbocycles. The van der Waals surface area contributed by atoms with E-state index in [-0.39, 0.29) is 5.24 Å². The van der Waals surface area contributed by atoms with Gasteiger partial charge in [0.15, 0.2) is 0 Å². The van der Waals surface area contributed by atoms with Gasteiger partial charge in [0.25, 0.3) is 0 Å². The van der Waals surface area contributed by atoms with Crippen molar-refractivity contribution < 1.29 is 4.79 Å². The van der Waals surface area contributed by atoms with Crippen molar-refractivity contribution in [1.29, 1.82) is 0 Å². The van der Waals surface area contributed by atoms with Crippen LogP contribution in [-0.2, 0) is 4.79 Å². The SMILES string of the molecule is CC(C)(CN)C(=O)Cl. The van der Waals surface area contributed by atoms with Crippen LogP contribution in [-0.4, -0.2) is 11.8 Å². The van der Waals surface area contributed by atoms with E-state index < -0.39 is 5.41 Å². The first kappa shape index (κ1) is 7.92. The van der Waals surface area contributed by atoms with Crippen LogP contribution in [0.1, 0.15) is 13.8 Å². The Labute approximate surface area is 54.0 Å². The highest BCUT2D eigenvalue weighted by molar-refractivity contribution is 6.64. The molecule has 0 unspecified atom stereocenters. The molecule has 0 aliphatic heterocycles. The smallest absolute Gasteiger partial charge is 0.228 e. The predicted molar refractivity (Wildman–Crippen MR) is 33.7 cm³/mol.